The van der Waals surface area contributed by atoms with Crippen molar-refractivity contribution in [2.75, 3.05) is 32.7 Å². The Balaban J connectivity index is 2.16. The molecule has 0 aromatic heterocycles. The third-order valence-electron chi connectivity index (χ3n) is 3.88. The highest BCUT2D eigenvalue weighted by molar-refractivity contribution is 7.89. The SMILES string of the molecule is NC(=O)CCN1CCN(S(=O)(=O)c2cc(C(F)(F)F)ccc2Cl)CC1. The molecular weight excluding hydrogens is 383 g/mol. The summed E-state index contributed by atoms with van der Waals surface area (Å²) in [5.74, 6) is -0.453. The summed E-state index contributed by atoms with van der Waals surface area (Å²) in [4.78, 5) is 12.1. The predicted molar refractivity (Wildman–Crippen MR) is 85.5 cm³/mol. The first-order chi connectivity index (χ1) is 11.5. The summed E-state index contributed by atoms with van der Waals surface area (Å²) in [7, 11) is -4.15. The van der Waals surface area contributed by atoms with Crippen LogP contribution < -0.4 is 5.73 Å². The molecule has 1 heterocycles. The van der Waals surface area contributed by atoms with Crippen molar-refractivity contribution in [1.29, 1.82) is 0 Å². The van der Waals surface area contributed by atoms with Gasteiger partial charge in [-0.2, -0.15) is 17.5 Å². The molecule has 2 rings (SSSR count). The first-order valence-electron chi connectivity index (χ1n) is 7.39. The molecule has 2 N–H and O–H groups in total. The largest absolute Gasteiger partial charge is 0.416 e. The molecule has 11 heteroatoms. The minimum atomic E-state index is -4.66. The summed E-state index contributed by atoms with van der Waals surface area (Å²) in [5, 5.41) is -0.260. The molecule has 1 aromatic carbocycles. The molecule has 1 aromatic rings. The Bertz CT molecular complexity index is 747. The molecule has 140 valence electrons. The zero-order valence-electron chi connectivity index (χ0n) is 13.1. The Hall–Kier alpha value is -1.36. The fourth-order valence-electron chi connectivity index (χ4n) is 2.48. The highest BCUT2D eigenvalue weighted by atomic mass is 35.5. The number of carbonyl (C=O) groups excluding carboxylic acids is 1. The average molecular weight is 400 g/mol. The van der Waals surface area contributed by atoms with Gasteiger partial charge < -0.3 is 10.6 Å². The van der Waals surface area contributed by atoms with Crippen molar-refractivity contribution in [1.82, 2.24) is 9.21 Å². The second kappa shape index (κ2) is 7.48. The van der Waals surface area contributed by atoms with Gasteiger partial charge in [0.05, 0.1) is 10.6 Å². The van der Waals surface area contributed by atoms with Gasteiger partial charge in [-0.25, -0.2) is 8.42 Å². The lowest BCUT2D eigenvalue weighted by molar-refractivity contribution is -0.137. The van der Waals surface area contributed by atoms with Gasteiger partial charge in [-0.15, -0.1) is 0 Å². The van der Waals surface area contributed by atoms with Crippen LogP contribution in [0.2, 0.25) is 5.02 Å². The van der Waals surface area contributed by atoms with E-state index in [4.69, 9.17) is 17.3 Å². The van der Waals surface area contributed by atoms with Gasteiger partial charge in [-0.1, -0.05) is 11.6 Å². The van der Waals surface area contributed by atoms with Crippen LogP contribution in [0.15, 0.2) is 23.1 Å². The highest BCUT2D eigenvalue weighted by Crippen LogP contribution is 2.34. The summed E-state index contributed by atoms with van der Waals surface area (Å²) in [6.07, 6.45) is -4.51. The van der Waals surface area contributed by atoms with E-state index in [1.807, 2.05) is 4.90 Å². The van der Waals surface area contributed by atoms with E-state index in [0.717, 1.165) is 16.4 Å². The minimum Gasteiger partial charge on any atom is -0.370 e. The van der Waals surface area contributed by atoms with Crippen LogP contribution >= 0.6 is 11.6 Å². The van der Waals surface area contributed by atoms with Gasteiger partial charge in [0.1, 0.15) is 4.90 Å². The molecule has 0 radical (unpaired) electrons. The van der Waals surface area contributed by atoms with Crippen LogP contribution in [0.25, 0.3) is 0 Å². The number of primary amides is 1. The molecule has 1 fully saturated rings. The van der Waals surface area contributed by atoms with E-state index in [-0.39, 0.29) is 24.5 Å². The molecule has 0 unspecified atom stereocenters. The Morgan fingerprint density at radius 3 is 2.32 bits per heavy atom. The first kappa shape index (κ1) is 20.0. The van der Waals surface area contributed by atoms with Crippen molar-refractivity contribution in [3.63, 3.8) is 0 Å². The summed E-state index contributed by atoms with van der Waals surface area (Å²) in [5.41, 5.74) is 4.00. The second-order valence-corrected chi connectivity index (χ2v) is 7.92. The molecular formula is C14H17ClF3N3O3S. The van der Waals surface area contributed by atoms with Crippen LogP contribution in [-0.4, -0.2) is 56.3 Å². The molecule has 0 atom stereocenters. The van der Waals surface area contributed by atoms with Crippen LogP contribution in [0.5, 0.6) is 0 Å². The van der Waals surface area contributed by atoms with Crippen molar-refractivity contribution in [3.8, 4) is 0 Å². The van der Waals surface area contributed by atoms with Gasteiger partial charge in [0.15, 0.2) is 0 Å². The Labute approximate surface area is 148 Å². The lowest BCUT2D eigenvalue weighted by Gasteiger charge is -2.34. The van der Waals surface area contributed by atoms with E-state index in [2.05, 4.69) is 0 Å². The predicted octanol–water partition coefficient (Wildman–Crippen LogP) is 1.54. The Morgan fingerprint density at radius 2 is 1.80 bits per heavy atom. The zero-order valence-corrected chi connectivity index (χ0v) is 14.7. The van der Waals surface area contributed by atoms with E-state index < -0.39 is 32.6 Å². The van der Waals surface area contributed by atoms with Crippen molar-refractivity contribution in [3.05, 3.63) is 28.8 Å². The summed E-state index contributed by atoms with van der Waals surface area (Å²) in [6, 6.07) is 2.22. The molecule has 0 spiro atoms. The zero-order chi connectivity index (χ0) is 18.8. The summed E-state index contributed by atoms with van der Waals surface area (Å²) in [6.45, 7) is 1.29. The monoisotopic (exact) mass is 399 g/mol. The van der Waals surface area contributed by atoms with Crippen LogP contribution in [-0.2, 0) is 21.0 Å². The summed E-state index contributed by atoms with van der Waals surface area (Å²) >= 11 is 5.83. The van der Waals surface area contributed by atoms with Gasteiger partial charge >= 0.3 is 6.18 Å². The molecule has 1 aliphatic heterocycles. The lowest BCUT2D eigenvalue weighted by Crippen LogP contribution is -2.49. The number of amides is 1. The molecule has 0 aliphatic carbocycles. The van der Waals surface area contributed by atoms with Crippen molar-refractivity contribution in [2.24, 2.45) is 5.73 Å². The smallest absolute Gasteiger partial charge is 0.370 e. The lowest BCUT2D eigenvalue weighted by atomic mass is 10.2. The van der Waals surface area contributed by atoms with E-state index >= 15 is 0 Å². The number of halogens is 4. The third-order valence-corrected chi connectivity index (χ3v) is 6.26. The molecule has 6 nitrogen and oxygen atoms in total. The molecule has 25 heavy (non-hydrogen) atoms. The fraction of sp³-hybridized carbons (Fsp3) is 0.500. The summed E-state index contributed by atoms with van der Waals surface area (Å²) < 4.78 is 64.9. The molecule has 0 saturated carbocycles. The first-order valence-corrected chi connectivity index (χ1v) is 9.21. The molecule has 1 amide bonds. The number of sulfonamides is 1. The molecule has 1 aliphatic rings. The number of hydrogen-bond acceptors (Lipinski definition) is 4. The quantitative estimate of drug-likeness (QED) is 0.814. The van der Waals surface area contributed by atoms with E-state index in [1.54, 1.807) is 0 Å². The average Bonchev–Trinajstić information content (AvgIpc) is 2.52. The number of rotatable bonds is 5. The maximum Gasteiger partial charge on any atom is 0.416 e. The topological polar surface area (TPSA) is 83.7 Å². The van der Waals surface area contributed by atoms with Gasteiger partial charge in [-0.3, -0.25) is 4.79 Å². The van der Waals surface area contributed by atoms with Gasteiger partial charge in [0.25, 0.3) is 0 Å². The Kier molecular flexibility index (Phi) is 5.97. The van der Waals surface area contributed by atoms with Crippen molar-refractivity contribution < 1.29 is 26.4 Å². The van der Waals surface area contributed by atoms with Crippen LogP contribution in [0.3, 0.4) is 0 Å². The second-order valence-electron chi connectivity index (χ2n) is 5.60. The standard InChI is InChI=1S/C14H17ClF3N3O3S/c15-11-2-1-10(14(16,17)18)9-12(11)25(23,24)21-7-5-20(6-8-21)4-3-13(19)22/h1-2,9H,3-8H2,(H2,19,22). The van der Waals surface area contributed by atoms with Crippen molar-refractivity contribution in [2.45, 2.75) is 17.5 Å². The number of benzene rings is 1. The third kappa shape index (κ3) is 4.84. The van der Waals surface area contributed by atoms with Crippen molar-refractivity contribution >= 4 is 27.5 Å². The van der Waals surface area contributed by atoms with Crippen LogP contribution in [0.4, 0.5) is 13.2 Å². The maximum atomic E-state index is 12.8. The number of alkyl halides is 3. The fourth-order valence-corrected chi connectivity index (χ4v) is 4.40. The minimum absolute atomic E-state index is 0.0909. The van der Waals surface area contributed by atoms with Gasteiger partial charge in [0, 0.05) is 39.1 Å². The van der Waals surface area contributed by atoms with E-state index in [0.29, 0.717) is 25.7 Å². The van der Waals surface area contributed by atoms with Gasteiger partial charge in [0.2, 0.25) is 15.9 Å². The normalized spacial score (nSPS) is 17.6. The molecule has 0 bridgehead atoms. The van der Waals surface area contributed by atoms with Gasteiger partial charge in [-0.05, 0) is 18.2 Å². The Morgan fingerprint density at radius 1 is 1.20 bits per heavy atom. The highest BCUT2D eigenvalue weighted by Gasteiger charge is 2.35. The van der Waals surface area contributed by atoms with E-state index in [1.165, 1.54) is 0 Å². The maximum absolute atomic E-state index is 12.8. The van der Waals surface area contributed by atoms with Crippen LogP contribution in [0, 0.1) is 0 Å². The number of nitrogens with zero attached hydrogens (tertiary/aromatic N) is 2. The number of carbonyl (C=O) groups is 1. The molecule has 1 saturated heterocycles. The number of nitrogens with two attached hydrogens (primary N) is 1. The van der Waals surface area contributed by atoms with Crippen LogP contribution in [0.1, 0.15) is 12.0 Å². The number of hydrogen-bond donors (Lipinski definition) is 1. The van der Waals surface area contributed by atoms with E-state index in [9.17, 15) is 26.4 Å². The number of piperazine rings is 1.